The predicted octanol–water partition coefficient (Wildman–Crippen LogP) is 4.41. The van der Waals surface area contributed by atoms with Crippen LogP contribution in [0.2, 0.25) is 10.0 Å². The number of halogens is 2. The van der Waals surface area contributed by atoms with Crippen LogP contribution >= 0.6 is 23.2 Å². The summed E-state index contributed by atoms with van der Waals surface area (Å²) in [5.74, 6) is 0. The Bertz CT molecular complexity index is 393. The van der Waals surface area contributed by atoms with Gasteiger partial charge in [-0.1, -0.05) is 42.6 Å². The van der Waals surface area contributed by atoms with Gasteiger partial charge in [0.1, 0.15) is 5.60 Å². The molecule has 102 valence electrons. The molecule has 0 saturated carbocycles. The molecule has 0 aliphatic carbocycles. The summed E-state index contributed by atoms with van der Waals surface area (Å²) >= 11 is 12.1. The summed E-state index contributed by atoms with van der Waals surface area (Å²) < 4.78 is 5.96. The fourth-order valence-electron chi connectivity index (χ4n) is 2.17. The van der Waals surface area contributed by atoms with Crippen molar-refractivity contribution in [3.63, 3.8) is 0 Å². The van der Waals surface area contributed by atoms with Crippen molar-refractivity contribution >= 4 is 23.2 Å². The molecule has 0 amide bonds. The first kappa shape index (κ1) is 15.8. The summed E-state index contributed by atoms with van der Waals surface area (Å²) in [6.45, 7) is 5.85. The monoisotopic (exact) mass is 290 g/mol. The van der Waals surface area contributed by atoms with E-state index in [0.717, 1.165) is 12.0 Å². The van der Waals surface area contributed by atoms with Crippen molar-refractivity contribution in [2.45, 2.75) is 45.3 Å². The van der Waals surface area contributed by atoms with Crippen LogP contribution in [0.15, 0.2) is 18.2 Å². The number of aliphatic hydroxyl groups is 1. The van der Waals surface area contributed by atoms with Crippen LogP contribution in [-0.2, 0) is 10.3 Å². The van der Waals surface area contributed by atoms with E-state index in [1.54, 1.807) is 12.1 Å². The minimum Gasteiger partial charge on any atom is -0.393 e. The molecule has 0 bridgehead atoms. The highest BCUT2D eigenvalue weighted by molar-refractivity contribution is 6.35. The Labute approximate surface area is 119 Å². The molecule has 0 radical (unpaired) electrons. The van der Waals surface area contributed by atoms with Crippen LogP contribution in [-0.4, -0.2) is 17.8 Å². The van der Waals surface area contributed by atoms with E-state index >= 15 is 0 Å². The molecular weight excluding hydrogens is 271 g/mol. The maximum atomic E-state index is 9.79. The second-order valence-electron chi connectivity index (χ2n) is 4.69. The highest BCUT2D eigenvalue weighted by Gasteiger charge is 2.34. The molecule has 4 heteroatoms. The number of rotatable bonds is 6. The Morgan fingerprint density at radius 1 is 1.33 bits per heavy atom. The molecule has 0 aliphatic heterocycles. The highest BCUT2D eigenvalue weighted by atomic mass is 35.5. The first-order valence-corrected chi connectivity index (χ1v) is 6.95. The van der Waals surface area contributed by atoms with E-state index in [4.69, 9.17) is 27.9 Å². The molecule has 1 rings (SSSR count). The number of hydrogen-bond acceptors (Lipinski definition) is 2. The minimum absolute atomic E-state index is 0.00967. The lowest BCUT2D eigenvalue weighted by Crippen LogP contribution is -2.36. The number of ether oxygens (including phenoxy) is 1. The first-order valence-electron chi connectivity index (χ1n) is 6.19. The van der Waals surface area contributed by atoms with Crippen molar-refractivity contribution < 1.29 is 9.84 Å². The summed E-state index contributed by atoms with van der Waals surface area (Å²) in [4.78, 5) is 0. The fourth-order valence-corrected chi connectivity index (χ4v) is 2.75. The molecule has 1 unspecified atom stereocenters. The minimum atomic E-state index is -0.745. The van der Waals surface area contributed by atoms with Crippen LogP contribution in [0, 0.1) is 0 Å². The topological polar surface area (TPSA) is 29.5 Å². The van der Waals surface area contributed by atoms with E-state index in [2.05, 4.69) is 6.92 Å². The Morgan fingerprint density at radius 3 is 2.44 bits per heavy atom. The van der Waals surface area contributed by atoms with E-state index in [1.807, 2.05) is 19.9 Å². The molecule has 1 aromatic carbocycles. The standard InChI is InChI=1S/C14H20Cl2O2/c1-4-7-14(9-17,18-10(2)3)12-6-5-11(15)8-13(12)16/h5-6,8,10,17H,4,7,9H2,1-3H3. The van der Waals surface area contributed by atoms with Gasteiger partial charge in [0, 0.05) is 15.6 Å². The smallest absolute Gasteiger partial charge is 0.118 e. The molecule has 0 saturated heterocycles. The van der Waals surface area contributed by atoms with E-state index in [-0.39, 0.29) is 12.7 Å². The molecule has 0 spiro atoms. The van der Waals surface area contributed by atoms with Gasteiger partial charge in [0.15, 0.2) is 0 Å². The highest BCUT2D eigenvalue weighted by Crippen LogP contribution is 2.37. The van der Waals surface area contributed by atoms with E-state index < -0.39 is 5.60 Å². The fraction of sp³-hybridized carbons (Fsp3) is 0.571. The molecule has 2 nitrogen and oxygen atoms in total. The van der Waals surface area contributed by atoms with Crippen LogP contribution in [0.3, 0.4) is 0 Å². The van der Waals surface area contributed by atoms with Crippen molar-refractivity contribution in [3.8, 4) is 0 Å². The maximum absolute atomic E-state index is 9.79. The normalized spacial score (nSPS) is 14.8. The van der Waals surface area contributed by atoms with Gasteiger partial charge in [-0.25, -0.2) is 0 Å². The van der Waals surface area contributed by atoms with E-state index in [1.165, 1.54) is 0 Å². The van der Waals surface area contributed by atoms with Gasteiger partial charge >= 0.3 is 0 Å². The van der Waals surface area contributed by atoms with E-state index in [9.17, 15) is 5.11 Å². The molecule has 0 aromatic heterocycles. The van der Waals surface area contributed by atoms with Crippen LogP contribution in [0.5, 0.6) is 0 Å². The van der Waals surface area contributed by atoms with Crippen molar-refractivity contribution in [3.05, 3.63) is 33.8 Å². The zero-order chi connectivity index (χ0) is 13.8. The predicted molar refractivity (Wildman–Crippen MR) is 76.4 cm³/mol. The summed E-state index contributed by atoms with van der Waals surface area (Å²) in [6.07, 6.45) is 1.62. The first-order chi connectivity index (χ1) is 8.45. The van der Waals surface area contributed by atoms with Crippen LogP contribution < -0.4 is 0 Å². The van der Waals surface area contributed by atoms with Gasteiger partial charge < -0.3 is 9.84 Å². The van der Waals surface area contributed by atoms with Gasteiger partial charge in [-0.2, -0.15) is 0 Å². The van der Waals surface area contributed by atoms with Gasteiger partial charge in [0.2, 0.25) is 0 Å². The van der Waals surface area contributed by atoms with Crippen LogP contribution in [0.25, 0.3) is 0 Å². The maximum Gasteiger partial charge on any atom is 0.118 e. The average molecular weight is 291 g/mol. The van der Waals surface area contributed by atoms with Crippen molar-refractivity contribution in [1.29, 1.82) is 0 Å². The Balaban J connectivity index is 3.22. The Hall–Kier alpha value is -0.280. The quantitative estimate of drug-likeness (QED) is 0.841. The van der Waals surface area contributed by atoms with Gasteiger partial charge in [-0.15, -0.1) is 0 Å². The molecule has 1 atom stereocenters. The van der Waals surface area contributed by atoms with Gasteiger partial charge in [-0.05, 0) is 32.4 Å². The molecule has 1 aromatic rings. The third-order valence-electron chi connectivity index (χ3n) is 2.79. The molecular formula is C14H20Cl2O2. The van der Waals surface area contributed by atoms with Gasteiger partial charge in [-0.3, -0.25) is 0 Å². The SMILES string of the molecule is CCCC(CO)(OC(C)C)c1ccc(Cl)cc1Cl. The third-order valence-corrected chi connectivity index (χ3v) is 3.34. The molecule has 0 aliphatic rings. The lowest BCUT2D eigenvalue weighted by molar-refractivity contribution is -0.119. The second kappa shape index (κ2) is 6.76. The second-order valence-corrected chi connectivity index (χ2v) is 5.54. The summed E-state index contributed by atoms with van der Waals surface area (Å²) in [5.41, 5.74) is 0.0523. The number of aliphatic hydroxyl groups excluding tert-OH is 1. The van der Waals surface area contributed by atoms with Crippen molar-refractivity contribution in [1.82, 2.24) is 0 Å². The lowest BCUT2D eigenvalue weighted by Gasteiger charge is -2.35. The van der Waals surface area contributed by atoms with Gasteiger partial charge in [0.05, 0.1) is 12.7 Å². The molecule has 0 fully saturated rings. The summed E-state index contributed by atoms with van der Waals surface area (Å²) in [7, 11) is 0. The molecule has 1 N–H and O–H groups in total. The number of benzene rings is 1. The summed E-state index contributed by atoms with van der Waals surface area (Å²) in [5, 5.41) is 10.9. The molecule has 18 heavy (non-hydrogen) atoms. The zero-order valence-corrected chi connectivity index (χ0v) is 12.6. The third kappa shape index (κ3) is 3.61. The Morgan fingerprint density at radius 2 is 2.00 bits per heavy atom. The van der Waals surface area contributed by atoms with Crippen molar-refractivity contribution in [2.75, 3.05) is 6.61 Å². The van der Waals surface area contributed by atoms with Crippen molar-refractivity contribution in [2.24, 2.45) is 0 Å². The molecule has 0 heterocycles. The average Bonchev–Trinajstić information content (AvgIpc) is 2.27. The Kier molecular flexibility index (Phi) is 5.93. The van der Waals surface area contributed by atoms with Gasteiger partial charge in [0.25, 0.3) is 0 Å². The number of hydrogen-bond donors (Lipinski definition) is 1. The van der Waals surface area contributed by atoms with Crippen LogP contribution in [0.1, 0.15) is 39.2 Å². The zero-order valence-electron chi connectivity index (χ0n) is 11.0. The summed E-state index contributed by atoms with van der Waals surface area (Å²) in [6, 6.07) is 5.29. The van der Waals surface area contributed by atoms with E-state index in [0.29, 0.717) is 16.5 Å². The van der Waals surface area contributed by atoms with Crippen LogP contribution in [0.4, 0.5) is 0 Å². The largest absolute Gasteiger partial charge is 0.393 e. The lowest BCUT2D eigenvalue weighted by atomic mass is 9.89.